The predicted molar refractivity (Wildman–Crippen MR) is 344 cm³/mol. The largest absolute Gasteiger partial charge is 0.462 e. The van der Waals surface area contributed by atoms with Crippen molar-refractivity contribution >= 4 is 17.9 Å². The van der Waals surface area contributed by atoms with Crippen LogP contribution in [0.2, 0.25) is 0 Å². The lowest BCUT2D eigenvalue weighted by molar-refractivity contribution is -0.167. The van der Waals surface area contributed by atoms with Crippen LogP contribution in [-0.4, -0.2) is 37.2 Å². The van der Waals surface area contributed by atoms with Gasteiger partial charge in [-0.25, -0.2) is 0 Å². The molecular formula is C73H126O6. The molecule has 0 aliphatic heterocycles. The molecule has 79 heavy (non-hydrogen) atoms. The first-order chi connectivity index (χ1) is 39.0. The van der Waals surface area contributed by atoms with E-state index in [-0.39, 0.29) is 31.1 Å². The number of hydrogen-bond donors (Lipinski definition) is 0. The van der Waals surface area contributed by atoms with Gasteiger partial charge in [-0.3, -0.25) is 14.4 Å². The van der Waals surface area contributed by atoms with E-state index in [4.69, 9.17) is 14.2 Å². The number of allylic oxidation sites excluding steroid dienone is 16. The number of ether oxygens (including phenoxy) is 3. The van der Waals surface area contributed by atoms with Crippen LogP contribution in [0.4, 0.5) is 0 Å². The topological polar surface area (TPSA) is 78.9 Å². The maximum absolute atomic E-state index is 12.9. The fourth-order valence-electron chi connectivity index (χ4n) is 9.58. The third-order valence-electron chi connectivity index (χ3n) is 14.6. The lowest BCUT2D eigenvalue weighted by Gasteiger charge is -2.18. The van der Waals surface area contributed by atoms with Crippen molar-refractivity contribution in [3.8, 4) is 0 Å². The van der Waals surface area contributed by atoms with Gasteiger partial charge in [0, 0.05) is 19.3 Å². The van der Waals surface area contributed by atoms with E-state index in [1.54, 1.807) is 0 Å². The summed E-state index contributed by atoms with van der Waals surface area (Å²) in [5, 5.41) is 0. The third-order valence-corrected chi connectivity index (χ3v) is 14.6. The molecule has 0 aliphatic carbocycles. The van der Waals surface area contributed by atoms with E-state index in [0.717, 1.165) is 122 Å². The predicted octanol–water partition coefficient (Wildman–Crippen LogP) is 23.2. The summed E-state index contributed by atoms with van der Waals surface area (Å²) in [4.78, 5) is 38.3. The molecule has 0 radical (unpaired) electrons. The van der Waals surface area contributed by atoms with Crippen LogP contribution in [-0.2, 0) is 28.6 Å². The molecule has 0 aromatic carbocycles. The van der Waals surface area contributed by atoms with Gasteiger partial charge in [0.25, 0.3) is 0 Å². The molecule has 0 rings (SSSR count). The van der Waals surface area contributed by atoms with Crippen molar-refractivity contribution in [1.82, 2.24) is 0 Å². The van der Waals surface area contributed by atoms with Crippen LogP contribution in [0, 0.1) is 0 Å². The Hall–Kier alpha value is -3.67. The Morgan fingerprint density at radius 1 is 0.266 bits per heavy atom. The van der Waals surface area contributed by atoms with Gasteiger partial charge >= 0.3 is 17.9 Å². The summed E-state index contributed by atoms with van der Waals surface area (Å²) in [6, 6.07) is 0. The number of carbonyl (C=O) groups excluding carboxylic acids is 3. The van der Waals surface area contributed by atoms with Gasteiger partial charge in [0.05, 0.1) is 0 Å². The average molecular weight is 1100 g/mol. The van der Waals surface area contributed by atoms with Crippen molar-refractivity contribution in [1.29, 1.82) is 0 Å². The molecule has 0 bridgehead atoms. The molecule has 454 valence electrons. The number of carbonyl (C=O) groups is 3. The number of hydrogen-bond acceptors (Lipinski definition) is 6. The Labute approximate surface area is 489 Å². The molecule has 6 nitrogen and oxygen atoms in total. The minimum atomic E-state index is -0.786. The Balaban J connectivity index is 4.31. The SMILES string of the molecule is CC/C=C\C/C=C\C/C=C\C/C=C\C/C=C\C/C=C\C/C=C\C/C=C\CCCCCCC(=O)OCC(COC(=O)CCCCCCCCCCCCC)OC(=O)CCCCCCCCCCCCCCCCCCCCCCC. The third kappa shape index (κ3) is 65.0. The van der Waals surface area contributed by atoms with Gasteiger partial charge in [-0.15, -0.1) is 0 Å². The zero-order valence-electron chi connectivity index (χ0n) is 52.1. The Kier molecular flexibility index (Phi) is 63.7. The summed E-state index contributed by atoms with van der Waals surface area (Å²) in [6.45, 7) is 6.54. The van der Waals surface area contributed by atoms with Crippen LogP contribution in [0.5, 0.6) is 0 Å². The van der Waals surface area contributed by atoms with Crippen LogP contribution in [0.3, 0.4) is 0 Å². The summed E-state index contributed by atoms with van der Waals surface area (Å²) in [6.07, 6.45) is 90.0. The van der Waals surface area contributed by atoms with Crippen molar-refractivity contribution < 1.29 is 28.6 Å². The van der Waals surface area contributed by atoms with Crippen LogP contribution < -0.4 is 0 Å². The van der Waals surface area contributed by atoms with Crippen LogP contribution in [0.1, 0.15) is 329 Å². The second-order valence-corrected chi connectivity index (χ2v) is 22.4. The zero-order chi connectivity index (χ0) is 57.1. The highest BCUT2D eigenvalue weighted by atomic mass is 16.6. The molecule has 1 atom stereocenters. The molecule has 0 aromatic heterocycles. The maximum Gasteiger partial charge on any atom is 0.306 e. The van der Waals surface area contributed by atoms with Crippen molar-refractivity contribution in [3.63, 3.8) is 0 Å². The molecule has 0 saturated carbocycles. The lowest BCUT2D eigenvalue weighted by atomic mass is 10.0. The van der Waals surface area contributed by atoms with Gasteiger partial charge in [0.15, 0.2) is 6.10 Å². The van der Waals surface area contributed by atoms with Gasteiger partial charge in [0.2, 0.25) is 0 Å². The molecule has 0 fully saturated rings. The molecule has 0 N–H and O–H groups in total. The zero-order valence-corrected chi connectivity index (χ0v) is 52.1. The molecule has 6 heteroatoms. The highest BCUT2D eigenvalue weighted by Crippen LogP contribution is 2.17. The normalized spacial score (nSPS) is 12.7. The molecule has 0 spiro atoms. The van der Waals surface area contributed by atoms with E-state index in [2.05, 4.69) is 118 Å². The number of rotatable bonds is 61. The van der Waals surface area contributed by atoms with E-state index >= 15 is 0 Å². The van der Waals surface area contributed by atoms with E-state index in [9.17, 15) is 14.4 Å². The second-order valence-electron chi connectivity index (χ2n) is 22.4. The molecule has 0 aromatic rings. The highest BCUT2D eigenvalue weighted by molar-refractivity contribution is 5.71. The molecule has 0 saturated heterocycles. The minimum Gasteiger partial charge on any atom is -0.462 e. The summed E-state index contributed by atoms with van der Waals surface area (Å²) in [5.74, 6) is -0.893. The first kappa shape index (κ1) is 75.3. The van der Waals surface area contributed by atoms with Crippen molar-refractivity contribution in [2.24, 2.45) is 0 Å². The van der Waals surface area contributed by atoms with E-state index in [0.29, 0.717) is 19.3 Å². The lowest BCUT2D eigenvalue weighted by Crippen LogP contribution is -2.30. The molecule has 0 aliphatic rings. The summed E-state index contributed by atoms with van der Waals surface area (Å²) >= 11 is 0. The van der Waals surface area contributed by atoms with E-state index < -0.39 is 6.10 Å². The fraction of sp³-hybridized carbons (Fsp3) is 0.740. The fourth-order valence-corrected chi connectivity index (χ4v) is 9.58. The van der Waals surface area contributed by atoms with Crippen molar-refractivity contribution in [3.05, 3.63) is 97.2 Å². The van der Waals surface area contributed by atoms with Gasteiger partial charge < -0.3 is 14.2 Å². The van der Waals surface area contributed by atoms with Gasteiger partial charge in [-0.2, -0.15) is 0 Å². The number of esters is 3. The van der Waals surface area contributed by atoms with Gasteiger partial charge in [-0.1, -0.05) is 323 Å². The minimum absolute atomic E-state index is 0.0814. The molecule has 0 heterocycles. The van der Waals surface area contributed by atoms with Crippen LogP contribution >= 0.6 is 0 Å². The average Bonchev–Trinajstić information content (AvgIpc) is 3.45. The monoisotopic (exact) mass is 1100 g/mol. The Morgan fingerprint density at radius 3 is 0.772 bits per heavy atom. The van der Waals surface area contributed by atoms with Crippen molar-refractivity contribution in [2.75, 3.05) is 13.2 Å². The van der Waals surface area contributed by atoms with E-state index in [1.807, 2.05) is 0 Å². The standard InChI is InChI=1S/C73H126O6/c1-4-7-10-13-16-19-22-24-26-28-30-32-33-34-35-36-37-38-39-41-42-44-46-48-51-54-57-60-63-66-72(75)78-69-70(68-77-71(74)65-62-59-56-53-50-21-18-15-12-9-6-3)79-73(76)67-64-61-58-55-52-49-47-45-43-40-31-29-27-25-23-20-17-14-11-8-5-2/h7,10,16,19,24,26,30,32,34-35,37-38,41-42,46,48,70H,4-6,8-9,11-15,17-18,20-23,25,27-29,31,33,36,39-40,43-45,47,49-69H2,1-3H3/b10-7-,19-16-,26-24-,32-30-,35-34-,38-37-,42-41-,48-46-. The second kappa shape index (κ2) is 66.8. The first-order valence-corrected chi connectivity index (χ1v) is 33.7. The smallest absolute Gasteiger partial charge is 0.306 e. The van der Waals surface area contributed by atoms with Crippen LogP contribution in [0.15, 0.2) is 97.2 Å². The molecule has 1 unspecified atom stereocenters. The van der Waals surface area contributed by atoms with E-state index in [1.165, 1.54) is 167 Å². The van der Waals surface area contributed by atoms with Crippen molar-refractivity contribution in [2.45, 2.75) is 335 Å². The highest BCUT2D eigenvalue weighted by Gasteiger charge is 2.19. The van der Waals surface area contributed by atoms with Gasteiger partial charge in [-0.05, 0) is 83.5 Å². The van der Waals surface area contributed by atoms with Crippen LogP contribution in [0.25, 0.3) is 0 Å². The Morgan fingerprint density at radius 2 is 0.494 bits per heavy atom. The first-order valence-electron chi connectivity index (χ1n) is 33.7. The summed E-state index contributed by atoms with van der Waals surface area (Å²) in [5.41, 5.74) is 0. The van der Waals surface area contributed by atoms with Gasteiger partial charge in [0.1, 0.15) is 13.2 Å². The quantitative estimate of drug-likeness (QED) is 0.0261. The summed E-state index contributed by atoms with van der Waals surface area (Å²) in [7, 11) is 0. The molecular weight excluding hydrogens is 973 g/mol. The molecule has 0 amide bonds. The maximum atomic E-state index is 12.9. The number of unbranched alkanes of at least 4 members (excludes halogenated alkanes) is 34. The Bertz CT molecular complexity index is 1540. The summed E-state index contributed by atoms with van der Waals surface area (Å²) < 4.78 is 16.9.